The van der Waals surface area contributed by atoms with Gasteiger partial charge in [-0.2, -0.15) is 0 Å². The molecule has 0 radical (unpaired) electrons. The Morgan fingerprint density at radius 1 is 1.56 bits per heavy atom. The number of nitrogens with zero attached hydrogens (tertiary/aromatic N) is 1. The molecule has 1 saturated carbocycles. The van der Waals surface area contributed by atoms with Crippen molar-refractivity contribution in [3.63, 3.8) is 0 Å². The molecule has 0 aromatic rings. The first-order valence-corrected chi connectivity index (χ1v) is 7.10. The summed E-state index contributed by atoms with van der Waals surface area (Å²) in [6, 6.07) is 0.258. The molecule has 2 rings (SSSR count). The summed E-state index contributed by atoms with van der Waals surface area (Å²) in [5.41, 5.74) is 5.47. The predicted molar refractivity (Wildman–Crippen MR) is 70.2 cm³/mol. The summed E-state index contributed by atoms with van der Waals surface area (Å²) in [5.74, 6) is -0.246. The van der Waals surface area contributed by atoms with Crippen LogP contribution in [0.4, 0.5) is 0 Å². The van der Waals surface area contributed by atoms with E-state index < -0.39 is 0 Å². The molecule has 0 bridgehead atoms. The van der Waals surface area contributed by atoms with Crippen molar-refractivity contribution in [2.45, 2.75) is 50.8 Å². The van der Waals surface area contributed by atoms with Gasteiger partial charge in [-0.15, -0.1) is 0 Å². The summed E-state index contributed by atoms with van der Waals surface area (Å²) in [5, 5.41) is 3.24. The highest BCUT2D eigenvalue weighted by Gasteiger charge is 2.37. The molecule has 0 aromatic heterocycles. The molecular formula is C13H25N3O2. The van der Waals surface area contributed by atoms with E-state index in [1.54, 1.807) is 0 Å². The Morgan fingerprint density at radius 2 is 2.39 bits per heavy atom. The monoisotopic (exact) mass is 255 g/mol. The van der Waals surface area contributed by atoms with E-state index in [1.807, 2.05) is 0 Å². The molecule has 5 heteroatoms. The van der Waals surface area contributed by atoms with Gasteiger partial charge in [-0.25, -0.2) is 0 Å². The summed E-state index contributed by atoms with van der Waals surface area (Å²) in [6.07, 6.45) is 4.96. The number of carbonyl (C=O) groups excluding carboxylic acids is 1. The Labute approximate surface area is 109 Å². The highest BCUT2D eigenvalue weighted by atomic mass is 16.5. The van der Waals surface area contributed by atoms with Crippen LogP contribution in [0.3, 0.4) is 0 Å². The average Bonchev–Trinajstić information content (AvgIpc) is 2.83. The lowest BCUT2D eigenvalue weighted by Gasteiger charge is -2.39. The molecule has 5 nitrogen and oxygen atoms in total. The number of carbonyl (C=O) groups is 1. The Morgan fingerprint density at radius 3 is 3.11 bits per heavy atom. The fourth-order valence-electron chi connectivity index (χ4n) is 3.04. The molecule has 1 heterocycles. The molecule has 1 aliphatic heterocycles. The first-order chi connectivity index (χ1) is 8.72. The van der Waals surface area contributed by atoms with E-state index in [9.17, 15) is 4.79 Å². The van der Waals surface area contributed by atoms with Crippen LogP contribution in [0.15, 0.2) is 0 Å². The Bertz CT molecular complexity index is 285. The summed E-state index contributed by atoms with van der Waals surface area (Å²) in [6.45, 7) is 5.35. The topological polar surface area (TPSA) is 67.6 Å². The lowest BCUT2D eigenvalue weighted by Crippen LogP contribution is -2.56. The van der Waals surface area contributed by atoms with Crippen molar-refractivity contribution in [2.24, 2.45) is 5.73 Å². The van der Waals surface area contributed by atoms with Crippen LogP contribution in [0.25, 0.3) is 0 Å². The van der Waals surface area contributed by atoms with E-state index in [0.717, 1.165) is 39.1 Å². The summed E-state index contributed by atoms with van der Waals surface area (Å²) < 4.78 is 5.78. The Kier molecular flexibility index (Phi) is 4.97. The molecule has 0 spiro atoms. The minimum absolute atomic E-state index is 0.232. The van der Waals surface area contributed by atoms with Crippen LogP contribution in [0.2, 0.25) is 0 Å². The van der Waals surface area contributed by atoms with Crippen LogP contribution in [0.1, 0.15) is 32.6 Å². The summed E-state index contributed by atoms with van der Waals surface area (Å²) >= 11 is 0. The molecule has 1 amide bonds. The number of hydrogen-bond donors (Lipinski definition) is 2. The maximum atomic E-state index is 11.5. The second kappa shape index (κ2) is 6.50. The SMILES string of the molecule is CCCNC(CN1CCOC2CCCC21)C(N)=O. The lowest BCUT2D eigenvalue weighted by molar-refractivity contribution is -0.121. The first kappa shape index (κ1) is 13.8. The number of primary amides is 1. The molecule has 1 aliphatic carbocycles. The van der Waals surface area contributed by atoms with E-state index in [2.05, 4.69) is 17.1 Å². The van der Waals surface area contributed by atoms with Crippen molar-refractivity contribution in [1.29, 1.82) is 0 Å². The second-order valence-corrected chi connectivity index (χ2v) is 5.31. The maximum Gasteiger partial charge on any atom is 0.235 e. The fourth-order valence-corrected chi connectivity index (χ4v) is 3.04. The quantitative estimate of drug-likeness (QED) is 0.706. The van der Waals surface area contributed by atoms with Crippen molar-refractivity contribution in [1.82, 2.24) is 10.2 Å². The van der Waals surface area contributed by atoms with Gasteiger partial charge < -0.3 is 15.8 Å². The van der Waals surface area contributed by atoms with E-state index in [4.69, 9.17) is 10.5 Å². The number of ether oxygens (including phenoxy) is 1. The average molecular weight is 255 g/mol. The third kappa shape index (κ3) is 3.22. The molecule has 1 saturated heterocycles. The van der Waals surface area contributed by atoms with Gasteiger partial charge in [0, 0.05) is 19.1 Å². The Hall–Kier alpha value is -0.650. The smallest absolute Gasteiger partial charge is 0.235 e. The van der Waals surface area contributed by atoms with E-state index in [0.29, 0.717) is 12.1 Å². The van der Waals surface area contributed by atoms with Gasteiger partial charge in [0.25, 0.3) is 0 Å². The van der Waals surface area contributed by atoms with Gasteiger partial charge in [-0.05, 0) is 32.2 Å². The lowest BCUT2D eigenvalue weighted by atomic mass is 10.1. The van der Waals surface area contributed by atoms with Crippen LogP contribution in [0, 0.1) is 0 Å². The molecule has 0 aromatic carbocycles. The molecule has 3 atom stereocenters. The normalized spacial score (nSPS) is 30.1. The van der Waals surface area contributed by atoms with Gasteiger partial charge >= 0.3 is 0 Å². The maximum absolute atomic E-state index is 11.5. The molecule has 3 N–H and O–H groups in total. The molecule has 2 fully saturated rings. The minimum Gasteiger partial charge on any atom is -0.375 e. The number of hydrogen-bond acceptors (Lipinski definition) is 4. The third-order valence-electron chi connectivity index (χ3n) is 4.00. The Balaban J connectivity index is 1.90. The van der Waals surface area contributed by atoms with Crippen LogP contribution in [0.5, 0.6) is 0 Å². The van der Waals surface area contributed by atoms with E-state index >= 15 is 0 Å². The number of amides is 1. The molecular weight excluding hydrogens is 230 g/mol. The van der Waals surface area contributed by atoms with Crippen molar-refractivity contribution < 1.29 is 9.53 Å². The third-order valence-corrected chi connectivity index (χ3v) is 4.00. The van der Waals surface area contributed by atoms with Crippen molar-refractivity contribution in [3.8, 4) is 0 Å². The second-order valence-electron chi connectivity index (χ2n) is 5.31. The largest absolute Gasteiger partial charge is 0.375 e. The van der Waals surface area contributed by atoms with Crippen LogP contribution < -0.4 is 11.1 Å². The van der Waals surface area contributed by atoms with Gasteiger partial charge in [0.2, 0.25) is 5.91 Å². The molecule has 3 unspecified atom stereocenters. The number of nitrogens with one attached hydrogen (secondary N) is 1. The van der Waals surface area contributed by atoms with Gasteiger partial charge in [-0.3, -0.25) is 9.69 Å². The van der Waals surface area contributed by atoms with Crippen molar-refractivity contribution in [2.75, 3.05) is 26.2 Å². The van der Waals surface area contributed by atoms with Gasteiger partial charge in [-0.1, -0.05) is 6.92 Å². The molecule has 18 heavy (non-hydrogen) atoms. The zero-order valence-corrected chi connectivity index (χ0v) is 11.2. The minimum atomic E-state index is -0.246. The van der Waals surface area contributed by atoms with E-state index in [1.165, 1.54) is 12.8 Å². The number of nitrogens with two attached hydrogens (primary N) is 1. The molecule has 104 valence electrons. The van der Waals surface area contributed by atoms with Crippen LogP contribution >= 0.6 is 0 Å². The number of morpholine rings is 1. The summed E-state index contributed by atoms with van der Waals surface area (Å²) in [7, 11) is 0. The van der Waals surface area contributed by atoms with Crippen LogP contribution in [-0.4, -0.2) is 55.2 Å². The number of fused-ring (bicyclic) bond motifs is 1. The van der Waals surface area contributed by atoms with Gasteiger partial charge in [0.05, 0.1) is 18.8 Å². The standard InChI is InChI=1S/C13H25N3O2/c1-2-6-15-10(13(14)17)9-16-7-8-18-12-5-3-4-11(12)16/h10-12,15H,2-9H2,1H3,(H2,14,17). The van der Waals surface area contributed by atoms with Gasteiger partial charge in [0.15, 0.2) is 0 Å². The number of rotatable bonds is 6. The van der Waals surface area contributed by atoms with Gasteiger partial charge in [0.1, 0.15) is 0 Å². The zero-order chi connectivity index (χ0) is 13.0. The highest BCUT2D eigenvalue weighted by molar-refractivity contribution is 5.80. The highest BCUT2D eigenvalue weighted by Crippen LogP contribution is 2.29. The van der Waals surface area contributed by atoms with E-state index in [-0.39, 0.29) is 11.9 Å². The van der Waals surface area contributed by atoms with Crippen molar-refractivity contribution >= 4 is 5.91 Å². The zero-order valence-electron chi connectivity index (χ0n) is 11.2. The van der Waals surface area contributed by atoms with Crippen LogP contribution in [-0.2, 0) is 9.53 Å². The predicted octanol–water partition coefficient (Wildman–Crippen LogP) is 0.0932. The fraction of sp³-hybridized carbons (Fsp3) is 0.923. The molecule has 2 aliphatic rings. The van der Waals surface area contributed by atoms with Crippen molar-refractivity contribution in [3.05, 3.63) is 0 Å². The first-order valence-electron chi connectivity index (χ1n) is 7.10. The summed E-state index contributed by atoms with van der Waals surface area (Å²) in [4.78, 5) is 13.9.